The highest BCUT2D eigenvalue weighted by atomic mass is 16.3. The van der Waals surface area contributed by atoms with E-state index in [4.69, 9.17) is 5.11 Å². The average molecular weight is 193 g/mol. The fourth-order valence-corrected chi connectivity index (χ4v) is 1.74. The van der Waals surface area contributed by atoms with Gasteiger partial charge in [-0.2, -0.15) is 0 Å². The smallest absolute Gasteiger partial charge is 0.0934 e. The van der Waals surface area contributed by atoms with Crippen LogP contribution in [0.4, 0.5) is 0 Å². The molecule has 0 aromatic heterocycles. The first-order valence-electron chi connectivity index (χ1n) is 4.95. The van der Waals surface area contributed by atoms with Gasteiger partial charge in [0.1, 0.15) is 0 Å². The largest absolute Gasteiger partial charge is 0.381 e. The van der Waals surface area contributed by atoms with Crippen LogP contribution in [0, 0.1) is 27.7 Å². The van der Waals surface area contributed by atoms with E-state index in [1.807, 2.05) is 0 Å². The highest BCUT2D eigenvalue weighted by Crippen LogP contribution is 2.21. The molecule has 0 spiro atoms. The Morgan fingerprint density at radius 1 is 1.07 bits per heavy atom. The molecule has 0 bridgehead atoms. The van der Waals surface area contributed by atoms with Crippen molar-refractivity contribution in [1.29, 1.82) is 0 Å². The number of hydrogen-bond donors (Lipinski definition) is 2. The molecule has 0 heterocycles. The maximum absolute atomic E-state index is 8.74. The fraction of sp³-hybridized carbons (Fsp3) is 0.500. The van der Waals surface area contributed by atoms with Crippen LogP contribution in [-0.2, 0) is 6.54 Å². The van der Waals surface area contributed by atoms with E-state index in [-0.39, 0.29) is 6.73 Å². The third-order valence-electron chi connectivity index (χ3n) is 2.93. The van der Waals surface area contributed by atoms with Gasteiger partial charge in [-0.3, -0.25) is 5.32 Å². The van der Waals surface area contributed by atoms with Gasteiger partial charge < -0.3 is 5.11 Å². The maximum atomic E-state index is 8.74. The van der Waals surface area contributed by atoms with E-state index in [0.717, 1.165) is 6.54 Å². The van der Waals surface area contributed by atoms with Gasteiger partial charge in [0, 0.05) is 6.54 Å². The molecule has 1 aromatic rings. The van der Waals surface area contributed by atoms with Gasteiger partial charge >= 0.3 is 0 Å². The lowest BCUT2D eigenvalue weighted by Crippen LogP contribution is -2.16. The number of benzene rings is 1. The summed E-state index contributed by atoms with van der Waals surface area (Å²) in [5.74, 6) is 0. The Labute approximate surface area is 86.0 Å². The summed E-state index contributed by atoms with van der Waals surface area (Å²) in [4.78, 5) is 0. The Bertz CT molecular complexity index is 305. The molecule has 0 unspecified atom stereocenters. The highest BCUT2D eigenvalue weighted by Gasteiger charge is 2.07. The van der Waals surface area contributed by atoms with E-state index in [9.17, 15) is 0 Å². The Morgan fingerprint density at radius 3 is 2.00 bits per heavy atom. The molecule has 2 heteroatoms. The van der Waals surface area contributed by atoms with Crippen LogP contribution >= 0.6 is 0 Å². The quantitative estimate of drug-likeness (QED) is 0.719. The van der Waals surface area contributed by atoms with Gasteiger partial charge in [0.25, 0.3) is 0 Å². The van der Waals surface area contributed by atoms with Crippen molar-refractivity contribution in [2.75, 3.05) is 6.73 Å². The maximum Gasteiger partial charge on any atom is 0.0934 e. The Balaban J connectivity index is 3.11. The number of aryl methyl sites for hydroxylation is 2. The molecular formula is C12H19NO. The topological polar surface area (TPSA) is 32.3 Å². The monoisotopic (exact) mass is 193 g/mol. The molecule has 0 saturated heterocycles. The van der Waals surface area contributed by atoms with Crippen LogP contribution in [0.3, 0.4) is 0 Å². The standard InChI is InChI=1S/C12H19NO/c1-8-5-9(2)11(4)12(10(8)3)6-13-7-14/h5,13-14H,6-7H2,1-4H3. The van der Waals surface area contributed by atoms with Crippen LogP contribution < -0.4 is 5.32 Å². The van der Waals surface area contributed by atoms with E-state index in [0.29, 0.717) is 0 Å². The molecule has 0 aliphatic carbocycles. The molecule has 0 atom stereocenters. The second kappa shape index (κ2) is 4.58. The second-order valence-electron chi connectivity index (χ2n) is 3.82. The molecule has 1 rings (SSSR count). The summed E-state index contributed by atoms with van der Waals surface area (Å²) in [6.45, 7) is 9.31. The summed E-state index contributed by atoms with van der Waals surface area (Å²) in [7, 11) is 0. The molecule has 2 nitrogen and oxygen atoms in total. The third-order valence-corrected chi connectivity index (χ3v) is 2.93. The van der Waals surface area contributed by atoms with Crippen molar-refractivity contribution in [1.82, 2.24) is 5.32 Å². The molecule has 0 radical (unpaired) electrons. The zero-order chi connectivity index (χ0) is 10.7. The zero-order valence-electron chi connectivity index (χ0n) is 9.44. The molecule has 0 fully saturated rings. The lowest BCUT2D eigenvalue weighted by molar-refractivity contribution is 0.259. The van der Waals surface area contributed by atoms with Crippen molar-refractivity contribution in [3.63, 3.8) is 0 Å². The van der Waals surface area contributed by atoms with Gasteiger partial charge in [0.2, 0.25) is 0 Å². The predicted octanol–water partition coefficient (Wildman–Crippen LogP) is 1.96. The van der Waals surface area contributed by atoms with Gasteiger partial charge in [-0.25, -0.2) is 0 Å². The Morgan fingerprint density at radius 2 is 1.57 bits per heavy atom. The summed E-state index contributed by atoms with van der Waals surface area (Å²) < 4.78 is 0. The Hall–Kier alpha value is -0.860. The predicted molar refractivity (Wildman–Crippen MR) is 59.3 cm³/mol. The van der Waals surface area contributed by atoms with E-state index >= 15 is 0 Å². The number of hydrogen-bond acceptors (Lipinski definition) is 2. The van der Waals surface area contributed by atoms with Crippen molar-refractivity contribution in [2.45, 2.75) is 34.2 Å². The average Bonchev–Trinajstić information content (AvgIpc) is 2.15. The number of aliphatic hydroxyl groups excluding tert-OH is 1. The summed E-state index contributed by atoms with van der Waals surface area (Å²) >= 11 is 0. The normalized spacial score (nSPS) is 10.6. The van der Waals surface area contributed by atoms with Crippen LogP contribution in [-0.4, -0.2) is 11.8 Å². The summed E-state index contributed by atoms with van der Waals surface area (Å²) in [6, 6.07) is 2.22. The molecular weight excluding hydrogens is 174 g/mol. The summed E-state index contributed by atoms with van der Waals surface area (Å²) in [6.07, 6.45) is 0. The van der Waals surface area contributed by atoms with E-state index < -0.39 is 0 Å². The van der Waals surface area contributed by atoms with Crippen molar-refractivity contribution in [2.24, 2.45) is 0 Å². The van der Waals surface area contributed by atoms with Crippen LogP contribution in [0.25, 0.3) is 0 Å². The van der Waals surface area contributed by atoms with Crippen molar-refractivity contribution in [3.05, 3.63) is 33.9 Å². The molecule has 2 N–H and O–H groups in total. The van der Waals surface area contributed by atoms with E-state index in [2.05, 4.69) is 39.1 Å². The summed E-state index contributed by atoms with van der Waals surface area (Å²) in [5, 5.41) is 11.7. The molecule has 1 aromatic carbocycles. The fourth-order valence-electron chi connectivity index (χ4n) is 1.74. The first-order valence-corrected chi connectivity index (χ1v) is 4.95. The second-order valence-corrected chi connectivity index (χ2v) is 3.82. The van der Waals surface area contributed by atoms with Crippen molar-refractivity contribution in [3.8, 4) is 0 Å². The van der Waals surface area contributed by atoms with Gasteiger partial charge in [0.15, 0.2) is 0 Å². The third kappa shape index (κ3) is 2.14. The minimum absolute atomic E-state index is 0.0336. The summed E-state index contributed by atoms with van der Waals surface area (Å²) in [5.41, 5.74) is 6.62. The van der Waals surface area contributed by atoms with Crippen LogP contribution in [0.1, 0.15) is 27.8 Å². The Kier molecular flexibility index (Phi) is 3.67. The van der Waals surface area contributed by atoms with Gasteiger partial charge in [-0.05, 0) is 55.5 Å². The van der Waals surface area contributed by atoms with Crippen LogP contribution in [0.2, 0.25) is 0 Å². The SMILES string of the molecule is Cc1cc(C)c(C)c(CNCO)c1C. The zero-order valence-corrected chi connectivity index (χ0v) is 9.44. The van der Waals surface area contributed by atoms with Crippen LogP contribution in [0.15, 0.2) is 6.07 Å². The molecule has 0 amide bonds. The van der Waals surface area contributed by atoms with Gasteiger partial charge in [0.05, 0.1) is 6.73 Å². The van der Waals surface area contributed by atoms with Gasteiger partial charge in [-0.1, -0.05) is 6.07 Å². The van der Waals surface area contributed by atoms with Crippen LogP contribution in [0.5, 0.6) is 0 Å². The molecule has 78 valence electrons. The van der Waals surface area contributed by atoms with E-state index in [1.165, 1.54) is 27.8 Å². The molecule has 0 aliphatic heterocycles. The minimum atomic E-state index is 0.0336. The first-order chi connectivity index (χ1) is 6.57. The number of aliphatic hydroxyl groups is 1. The highest BCUT2D eigenvalue weighted by molar-refractivity contribution is 5.43. The lowest BCUT2D eigenvalue weighted by atomic mass is 9.94. The van der Waals surface area contributed by atoms with E-state index in [1.54, 1.807) is 0 Å². The first kappa shape index (κ1) is 11.2. The number of rotatable bonds is 3. The molecule has 0 aliphatic rings. The van der Waals surface area contributed by atoms with Crippen molar-refractivity contribution < 1.29 is 5.11 Å². The van der Waals surface area contributed by atoms with Gasteiger partial charge in [-0.15, -0.1) is 0 Å². The minimum Gasteiger partial charge on any atom is -0.381 e. The number of nitrogens with one attached hydrogen (secondary N) is 1. The molecule has 14 heavy (non-hydrogen) atoms. The lowest BCUT2D eigenvalue weighted by Gasteiger charge is -2.15. The van der Waals surface area contributed by atoms with Crippen molar-refractivity contribution >= 4 is 0 Å². The molecule has 0 saturated carbocycles.